The third kappa shape index (κ3) is 4.79. The molecule has 2 amide bonds. The molecule has 0 bridgehead atoms. The number of carbonyl (C=O) groups excluding carboxylic acids is 3. The standard InChI is InChI=1S/C21H24N2O5/c1-22(20(25)14-28-21(26)13-23-9-3-4-19(23)24)12-15-5-6-17-11-18(27-2)8-7-16(17)10-15/h5-8,10-11H,3-4,9,12-14H2,1-2H3. The maximum atomic E-state index is 12.3. The number of esters is 1. The van der Waals surface area contributed by atoms with Gasteiger partial charge in [0.2, 0.25) is 5.91 Å². The Labute approximate surface area is 163 Å². The molecule has 1 fully saturated rings. The van der Waals surface area contributed by atoms with E-state index in [1.54, 1.807) is 14.2 Å². The van der Waals surface area contributed by atoms with Gasteiger partial charge in [0.05, 0.1) is 7.11 Å². The Bertz CT molecular complexity index is 895. The molecule has 0 saturated carbocycles. The minimum absolute atomic E-state index is 0.0469. The van der Waals surface area contributed by atoms with E-state index in [1.807, 2.05) is 36.4 Å². The number of methoxy groups -OCH3 is 1. The van der Waals surface area contributed by atoms with Gasteiger partial charge in [0.15, 0.2) is 6.61 Å². The summed E-state index contributed by atoms with van der Waals surface area (Å²) in [5.74, 6) is -0.105. The largest absolute Gasteiger partial charge is 0.497 e. The van der Waals surface area contributed by atoms with Crippen molar-refractivity contribution in [3.05, 3.63) is 42.0 Å². The Hall–Kier alpha value is -3.09. The van der Waals surface area contributed by atoms with E-state index in [-0.39, 0.29) is 25.0 Å². The lowest BCUT2D eigenvalue weighted by Crippen LogP contribution is -2.35. The second kappa shape index (κ2) is 8.73. The van der Waals surface area contributed by atoms with E-state index in [0.29, 0.717) is 19.5 Å². The molecule has 2 aromatic rings. The van der Waals surface area contributed by atoms with Crippen LogP contribution in [0.1, 0.15) is 18.4 Å². The van der Waals surface area contributed by atoms with Crippen LogP contribution in [-0.2, 0) is 25.7 Å². The Morgan fingerprint density at radius 2 is 1.89 bits per heavy atom. The molecule has 0 unspecified atom stereocenters. The summed E-state index contributed by atoms with van der Waals surface area (Å²) in [5.41, 5.74) is 0.975. The van der Waals surface area contributed by atoms with Gasteiger partial charge < -0.3 is 19.3 Å². The zero-order chi connectivity index (χ0) is 20.1. The van der Waals surface area contributed by atoms with Crippen molar-refractivity contribution in [2.75, 3.05) is 33.9 Å². The monoisotopic (exact) mass is 384 g/mol. The smallest absolute Gasteiger partial charge is 0.326 e. The molecule has 0 atom stereocenters. The van der Waals surface area contributed by atoms with Crippen molar-refractivity contribution < 1.29 is 23.9 Å². The SMILES string of the molecule is COc1ccc2cc(CN(C)C(=O)COC(=O)CN3CCCC3=O)ccc2c1. The Morgan fingerprint density at radius 1 is 1.14 bits per heavy atom. The minimum atomic E-state index is -0.559. The van der Waals surface area contributed by atoms with Crippen molar-refractivity contribution in [1.29, 1.82) is 0 Å². The fourth-order valence-electron chi connectivity index (χ4n) is 3.19. The van der Waals surface area contributed by atoms with Crippen molar-refractivity contribution in [3.8, 4) is 5.75 Å². The lowest BCUT2D eigenvalue weighted by atomic mass is 10.1. The fraction of sp³-hybridized carbons (Fsp3) is 0.381. The van der Waals surface area contributed by atoms with Crippen molar-refractivity contribution in [2.24, 2.45) is 0 Å². The van der Waals surface area contributed by atoms with Crippen LogP contribution in [-0.4, -0.2) is 61.4 Å². The number of nitrogens with zero attached hydrogens (tertiary/aromatic N) is 2. The third-order valence-electron chi connectivity index (χ3n) is 4.81. The quantitative estimate of drug-likeness (QED) is 0.682. The van der Waals surface area contributed by atoms with Crippen LogP contribution in [0, 0.1) is 0 Å². The summed E-state index contributed by atoms with van der Waals surface area (Å²) in [6, 6.07) is 11.8. The first-order valence-corrected chi connectivity index (χ1v) is 9.20. The summed E-state index contributed by atoms with van der Waals surface area (Å²) >= 11 is 0. The number of hydrogen-bond acceptors (Lipinski definition) is 5. The van der Waals surface area contributed by atoms with E-state index >= 15 is 0 Å². The summed E-state index contributed by atoms with van der Waals surface area (Å²) in [4.78, 5) is 38.6. The highest BCUT2D eigenvalue weighted by Gasteiger charge is 2.23. The topological polar surface area (TPSA) is 76.2 Å². The minimum Gasteiger partial charge on any atom is -0.497 e. The first-order chi connectivity index (χ1) is 13.5. The lowest BCUT2D eigenvalue weighted by Gasteiger charge is -2.18. The summed E-state index contributed by atoms with van der Waals surface area (Å²) in [7, 11) is 3.30. The van der Waals surface area contributed by atoms with E-state index in [0.717, 1.165) is 28.5 Å². The van der Waals surface area contributed by atoms with Crippen LogP contribution in [0.25, 0.3) is 10.8 Å². The first-order valence-electron chi connectivity index (χ1n) is 9.20. The average molecular weight is 384 g/mol. The van der Waals surface area contributed by atoms with Crippen LogP contribution in [0.4, 0.5) is 0 Å². The molecule has 1 heterocycles. The maximum Gasteiger partial charge on any atom is 0.326 e. The van der Waals surface area contributed by atoms with E-state index in [4.69, 9.17) is 9.47 Å². The molecular weight excluding hydrogens is 360 g/mol. The number of benzene rings is 2. The normalized spacial score (nSPS) is 13.6. The van der Waals surface area contributed by atoms with Gasteiger partial charge in [-0.1, -0.05) is 18.2 Å². The summed E-state index contributed by atoms with van der Waals surface area (Å²) in [6.07, 6.45) is 1.22. The van der Waals surface area contributed by atoms with Gasteiger partial charge >= 0.3 is 5.97 Å². The highest BCUT2D eigenvalue weighted by Crippen LogP contribution is 2.22. The van der Waals surface area contributed by atoms with E-state index < -0.39 is 5.97 Å². The molecule has 148 valence electrons. The van der Waals surface area contributed by atoms with Crippen LogP contribution >= 0.6 is 0 Å². The summed E-state index contributed by atoms with van der Waals surface area (Å²) in [6.45, 7) is 0.546. The molecule has 7 nitrogen and oxygen atoms in total. The number of carbonyl (C=O) groups is 3. The van der Waals surface area contributed by atoms with E-state index in [9.17, 15) is 14.4 Å². The molecule has 0 radical (unpaired) electrons. The predicted octanol–water partition coefficient (Wildman–Crippen LogP) is 1.97. The van der Waals surface area contributed by atoms with Gasteiger partial charge in [0, 0.05) is 26.6 Å². The number of fused-ring (bicyclic) bond motifs is 1. The number of hydrogen-bond donors (Lipinski definition) is 0. The van der Waals surface area contributed by atoms with Gasteiger partial charge in [0.1, 0.15) is 12.3 Å². The number of amides is 2. The molecular formula is C21H24N2O5. The van der Waals surface area contributed by atoms with Gasteiger partial charge in [-0.2, -0.15) is 0 Å². The second-order valence-corrected chi connectivity index (χ2v) is 6.88. The number of likely N-dealkylation sites (tertiary alicyclic amines) is 1. The summed E-state index contributed by atoms with van der Waals surface area (Å²) < 4.78 is 10.3. The molecule has 2 aromatic carbocycles. The second-order valence-electron chi connectivity index (χ2n) is 6.88. The number of rotatable bonds is 7. The molecule has 1 aliphatic rings. The van der Waals surface area contributed by atoms with Crippen LogP contribution in [0.3, 0.4) is 0 Å². The highest BCUT2D eigenvalue weighted by molar-refractivity contribution is 5.86. The van der Waals surface area contributed by atoms with Crippen LogP contribution in [0.5, 0.6) is 5.75 Å². The number of ether oxygens (including phenoxy) is 2. The predicted molar refractivity (Wildman–Crippen MR) is 104 cm³/mol. The molecule has 0 N–H and O–H groups in total. The average Bonchev–Trinajstić information content (AvgIpc) is 3.10. The highest BCUT2D eigenvalue weighted by atomic mass is 16.5. The van der Waals surface area contributed by atoms with Crippen molar-refractivity contribution in [3.63, 3.8) is 0 Å². The van der Waals surface area contributed by atoms with E-state index in [2.05, 4.69) is 0 Å². The Morgan fingerprint density at radius 3 is 2.61 bits per heavy atom. The van der Waals surface area contributed by atoms with Crippen LogP contribution in [0.15, 0.2) is 36.4 Å². The maximum absolute atomic E-state index is 12.3. The molecule has 1 saturated heterocycles. The molecule has 1 aliphatic heterocycles. The molecule has 28 heavy (non-hydrogen) atoms. The Kier molecular flexibility index (Phi) is 6.13. The van der Waals surface area contributed by atoms with Gasteiger partial charge in [-0.3, -0.25) is 14.4 Å². The van der Waals surface area contributed by atoms with Gasteiger partial charge in [0.25, 0.3) is 5.91 Å². The zero-order valence-electron chi connectivity index (χ0n) is 16.1. The first kappa shape index (κ1) is 19.7. The van der Waals surface area contributed by atoms with Crippen molar-refractivity contribution in [2.45, 2.75) is 19.4 Å². The van der Waals surface area contributed by atoms with Gasteiger partial charge in [-0.15, -0.1) is 0 Å². The van der Waals surface area contributed by atoms with Crippen LogP contribution in [0.2, 0.25) is 0 Å². The summed E-state index contributed by atoms with van der Waals surface area (Å²) in [5, 5.41) is 2.11. The van der Waals surface area contributed by atoms with Crippen molar-refractivity contribution in [1.82, 2.24) is 9.80 Å². The van der Waals surface area contributed by atoms with Crippen molar-refractivity contribution >= 4 is 28.6 Å². The Balaban J connectivity index is 1.51. The molecule has 0 aliphatic carbocycles. The lowest BCUT2D eigenvalue weighted by molar-refractivity contribution is -0.154. The molecule has 3 rings (SSSR count). The third-order valence-corrected chi connectivity index (χ3v) is 4.81. The van der Waals surface area contributed by atoms with Crippen LogP contribution < -0.4 is 4.74 Å². The van der Waals surface area contributed by atoms with Gasteiger partial charge in [-0.05, 0) is 41.0 Å². The molecule has 0 aromatic heterocycles. The van der Waals surface area contributed by atoms with Gasteiger partial charge in [-0.25, -0.2) is 0 Å². The molecule has 7 heteroatoms. The molecule has 0 spiro atoms. The number of likely N-dealkylation sites (N-methyl/N-ethyl adjacent to an activating group) is 1. The zero-order valence-corrected chi connectivity index (χ0v) is 16.1. The van der Waals surface area contributed by atoms with E-state index in [1.165, 1.54) is 9.80 Å². The fourth-order valence-corrected chi connectivity index (χ4v) is 3.19.